The monoisotopic (exact) mass is 206 g/mol. The van der Waals surface area contributed by atoms with Gasteiger partial charge in [-0.3, -0.25) is 0 Å². The summed E-state index contributed by atoms with van der Waals surface area (Å²) in [6.07, 6.45) is 2.10. The number of fused-ring (bicyclic) bond motifs is 1. The molecule has 0 aliphatic rings. The van der Waals surface area contributed by atoms with Crippen molar-refractivity contribution in [3.63, 3.8) is 0 Å². The van der Waals surface area contributed by atoms with Crippen LogP contribution in [0.2, 0.25) is 0 Å². The molecule has 0 heterocycles. The molecule has 0 aliphatic heterocycles. The van der Waals surface area contributed by atoms with Crippen LogP contribution in [0.4, 0.5) is 0 Å². The summed E-state index contributed by atoms with van der Waals surface area (Å²) in [7, 11) is 3.59. The normalized spacial score (nSPS) is 10.5. The largest absolute Gasteiger partial charge is 0.0924 e. The van der Waals surface area contributed by atoms with E-state index in [2.05, 4.69) is 48.7 Å². The molecule has 0 spiro atoms. The van der Waals surface area contributed by atoms with Crippen LogP contribution in [0.15, 0.2) is 47.4 Å². The summed E-state index contributed by atoms with van der Waals surface area (Å²) in [5, 5.41) is 2.63. The van der Waals surface area contributed by atoms with Crippen molar-refractivity contribution in [3.8, 4) is 0 Å². The topological polar surface area (TPSA) is 0 Å². The van der Waals surface area contributed by atoms with Gasteiger partial charge in [0.1, 0.15) is 0 Å². The lowest BCUT2D eigenvalue weighted by Crippen LogP contribution is -1.72. The van der Waals surface area contributed by atoms with Gasteiger partial charge in [0.25, 0.3) is 0 Å². The van der Waals surface area contributed by atoms with E-state index in [0.29, 0.717) is 0 Å². The maximum absolute atomic E-state index is 2.23. The Morgan fingerprint density at radius 2 is 1.69 bits per heavy atom. The van der Waals surface area contributed by atoms with E-state index < -0.39 is 0 Å². The molecule has 0 aromatic heterocycles. The third-order valence-electron chi connectivity index (χ3n) is 1.90. The zero-order valence-corrected chi connectivity index (χ0v) is 8.99. The van der Waals surface area contributed by atoms with Gasteiger partial charge < -0.3 is 0 Å². The highest BCUT2D eigenvalue weighted by Crippen LogP contribution is 2.30. The maximum atomic E-state index is 2.23. The van der Waals surface area contributed by atoms with E-state index in [0.717, 1.165) is 0 Å². The molecule has 0 N–H and O–H groups in total. The second kappa shape index (κ2) is 4.07. The van der Waals surface area contributed by atoms with Gasteiger partial charge in [0.15, 0.2) is 0 Å². The Morgan fingerprint density at radius 3 is 2.46 bits per heavy atom. The van der Waals surface area contributed by atoms with Gasteiger partial charge in [-0.1, -0.05) is 51.9 Å². The second-order valence-electron chi connectivity index (χ2n) is 2.76. The number of hydrogen-bond donors (Lipinski definition) is 0. The van der Waals surface area contributed by atoms with E-state index in [-0.39, 0.29) is 0 Å². The van der Waals surface area contributed by atoms with E-state index in [9.17, 15) is 0 Å². The Labute approximate surface area is 86.1 Å². The third-order valence-corrected chi connectivity index (χ3v) is 3.59. The van der Waals surface area contributed by atoms with Gasteiger partial charge in [0, 0.05) is 4.90 Å². The molecule has 0 fully saturated rings. The Morgan fingerprint density at radius 1 is 0.923 bits per heavy atom. The van der Waals surface area contributed by atoms with Gasteiger partial charge in [0.2, 0.25) is 0 Å². The summed E-state index contributed by atoms with van der Waals surface area (Å²) in [5.41, 5.74) is 0. The predicted octanol–water partition coefficient (Wildman–Crippen LogP) is 4.21. The lowest BCUT2D eigenvalue weighted by molar-refractivity contribution is 1.52. The average molecular weight is 206 g/mol. The molecule has 0 saturated heterocycles. The van der Waals surface area contributed by atoms with Gasteiger partial charge in [-0.2, -0.15) is 0 Å². The summed E-state index contributed by atoms with van der Waals surface area (Å²) in [5.74, 6) is 0. The molecule has 2 rings (SSSR count). The Kier molecular flexibility index (Phi) is 2.81. The zero-order chi connectivity index (χ0) is 9.10. The molecule has 0 saturated carbocycles. The fraction of sp³-hybridized carbons (Fsp3) is 0.0909. The standard InChI is InChI=1S/C11H10S2/c1-12-13-11-7-6-9-4-2-3-5-10(9)8-11/h2-8H,1H3. The van der Waals surface area contributed by atoms with Crippen molar-refractivity contribution >= 4 is 32.4 Å². The molecular weight excluding hydrogens is 196 g/mol. The van der Waals surface area contributed by atoms with Crippen LogP contribution >= 0.6 is 21.6 Å². The molecule has 0 unspecified atom stereocenters. The second-order valence-corrected chi connectivity index (χ2v) is 5.23. The minimum absolute atomic E-state index is 1.31. The molecule has 0 radical (unpaired) electrons. The Hall–Kier alpha value is -0.600. The van der Waals surface area contributed by atoms with Crippen molar-refractivity contribution in [2.75, 3.05) is 6.26 Å². The van der Waals surface area contributed by atoms with Crippen LogP contribution in [0.25, 0.3) is 10.8 Å². The molecule has 13 heavy (non-hydrogen) atoms. The van der Waals surface area contributed by atoms with Gasteiger partial charge in [-0.25, -0.2) is 0 Å². The highest BCUT2D eigenvalue weighted by molar-refractivity contribution is 8.76. The molecule has 0 bridgehead atoms. The van der Waals surface area contributed by atoms with Crippen LogP contribution in [0.3, 0.4) is 0 Å². The minimum atomic E-state index is 1.31. The lowest BCUT2D eigenvalue weighted by atomic mass is 10.1. The van der Waals surface area contributed by atoms with Crippen LogP contribution in [-0.4, -0.2) is 6.26 Å². The molecular formula is C11H10S2. The van der Waals surface area contributed by atoms with E-state index in [1.807, 2.05) is 0 Å². The van der Waals surface area contributed by atoms with E-state index in [4.69, 9.17) is 0 Å². The molecule has 0 nitrogen and oxygen atoms in total. The first kappa shape index (κ1) is 8.97. The van der Waals surface area contributed by atoms with Crippen molar-refractivity contribution in [1.29, 1.82) is 0 Å². The van der Waals surface area contributed by atoms with Crippen molar-refractivity contribution in [2.24, 2.45) is 0 Å². The Balaban J connectivity index is 2.49. The van der Waals surface area contributed by atoms with E-state index >= 15 is 0 Å². The van der Waals surface area contributed by atoms with Crippen LogP contribution in [0.5, 0.6) is 0 Å². The summed E-state index contributed by atoms with van der Waals surface area (Å²) in [6, 6.07) is 15.0. The zero-order valence-electron chi connectivity index (χ0n) is 7.36. The molecule has 2 heteroatoms. The van der Waals surface area contributed by atoms with Gasteiger partial charge in [-0.15, -0.1) is 0 Å². The predicted molar refractivity (Wildman–Crippen MR) is 63.3 cm³/mol. The summed E-state index contributed by atoms with van der Waals surface area (Å²) >= 11 is 0. The van der Waals surface area contributed by atoms with Crippen molar-refractivity contribution in [1.82, 2.24) is 0 Å². The molecule has 0 aliphatic carbocycles. The maximum Gasteiger partial charge on any atom is 0.0189 e. The number of rotatable bonds is 2. The number of benzene rings is 2. The fourth-order valence-electron chi connectivity index (χ4n) is 1.32. The molecule has 2 aromatic carbocycles. The SMILES string of the molecule is CSSc1ccc2ccccc2c1. The first-order valence-electron chi connectivity index (χ1n) is 4.09. The van der Waals surface area contributed by atoms with Crippen LogP contribution < -0.4 is 0 Å². The molecule has 0 amide bonds. The van der Waals surface area contributed by atoms with Crippen molar-refractivity contribution < 1.29 is 0 Å². The van der Waals surface area contributed by atoms with E-state index in [1.54, 1.807) is 21.6 Å². The molecule has 2 aromatic rings. The van der Waals surface area contributed by atoms with Crippen LogP contribution in [0.1, 0.15) is 0 Å². The van der Waals surface area contributed by atoms with Crippen LogP contribution in [0, 0.1) is 0 Å². The quantitative estimate of drug-likeness (QED) is 0.675. The minimum Gasteiger partial charge on any atom is -0.0924 e. The Bertz CT molecular complexity index is 410. The van der Waals surface area contributed by atoms with Crippen molar-refractivity contribution in [2.45, 2.75) is 4.90 Å². The molecule has 66 valence electrons. The molecule has 0 atom stereocenters. The fourth-order valence-corrected chi connectivity index (χ4v) is 2.69. The van der Waals surface area contributed by atoms with Gasteiger partial charge in [0.05, 0.1) is 0 Å². The summed E-state index contributed by atoms with van der Waals surface area (Å²) < 4.78 is 0. The smallest absolute Gasteiger partial charge is 0.0189 e. The van der Waals surface area contributed by atoms with E-state index in [1.165, 1.54) is 15.7 Å². The average Bonchev–Trinajstić information content (AvgIpc) is 2.18. The number of hydrogen-bond acceptors (Lipinski definition) is 2. The highest BCUT2D eigenvalue weighted by atomic mass is 33.1. The summed E-state index contributed by atoms with van der Waals surface area (Å²) in [6.45, 7) is 0. The summed E-state index contributed by atoms with van der Waals surface area (Å²) in [4.78, 5) is 1.33. The highest BCUT2D eigenvalue weighted by Gasteiger charge is 1.94. The lowest BCUT2D eigenvalue weighted by Gasteiger charge is -2.00. The van der Waals surface area contributed by atoms with Crippen molar-refractivity contribution in [3.05, 3.63) is 42.5 Å². The van der Waals surface area contributed by atoms with Gasteiger partial charge in [-0.05, 0) is 29.2 Å². The first-order valence-corrected chi connectivity index (χ1v) is 6.65. The van der Waals surface area contributed by atoms with Crippen LogP contribution in [-0.2, 0) is 0 Å². The third kappa shape index (κ3) is 2.01. The van der Waals surface area contributed by atoms with Gasteiger partial charge >= 0.3 is 0 Å². The first-order chi connectivity index (χ1) is 6.40.